The molecule has 0 aromatic carbocycles. The number of rotatable bonds is 3. The summed E-state index contributed by atoms with van der Waals surface area (Å²) in [4.78, 5) is 10.8. The Morgan fingerprint density at radius 2 is 2.25 bits per heavy atom. The van der Waals surface area contributed by atoms with Crippen molar-refractivity contribution in [2.24, 2.45) is 5.92 Å². The predicted octanol–water partition coefficient (Wildman–Crippen LogP) is -2.28. The first-order valence-corrected chi connectivity index (χ1v) is 3.19. The van der Waals surface area contributed by atoms with E-state index < -0.39 is 11.9 Å². The van der Waals surface area contributed by atoms with E-state index in [0.717, 1.165) is 0 Å². The minimum atomic E-state index is -0.931. The van der Waals surface area contributed by atoms with Crippen molar-refractivity contribution in [2.45, 2.75) is 13.3 Å². The molecule has 0 spiro atoms. The van der Waals surface area contributed by atoms with Crippen LogP contribution < -0.4 is 29.6 Å². The van der Waals surface area contributed by atoms with Crippen molar-refractivity contribution in [3.8, 4) is 12.1 Å². The van der Waals surface area contributed by atoms with E-state index in [9.17, 15) is 4.79 Å². The Bertz CT molecular complexity index is 222. The Kier molecular flexibility index (Phi) is 9.97. The molecule has 4 nitrogen and oxygen atoms in total. The number of nitriles is 2. The molecule has 0 heterocycles. The van der Waals surface area contributed by atoms with Gasteiger partial charge in [0.05, 0.1) is 25.2 Å². The number of ether oxygens (including phenoxy) is 1. The third-order valence-corrected chi connectivity index (χ3v) is 1.02. The maximum absolute atomic E-state index is 10.8. The van der Waals surface area contributed by atoms with Crippen LogP contribution in [0.2, 0.25) is 0 Å². The third kappa shape index (κ3) is 5.15. The van der Waals surface area contributed by atoms with E-state index in [4.69, 9.17) is 10.5 Å². The molecule has 1 unspecified atom stereocenters. The van der Waals surface area contributed by atoms with E-state index >= 15 is 0 Å². The molecule has 0 aliphatic carbocycles. The summed E-state index contributed by atoms with van der Waals surface area (Å²) >= 11 is 0. The fraction of sp³-hybridized carbons (Fsp3) is 0.571. The average Bonchev–Trinajstić information content (AvgIpc) is 2.00. The monoisotopic (exact) mass is 176 g/mol. The van der Waals surface area contributed by atoms with Crippen molar-refractivity contribution >= 4 is 5.97 Å². The van der Waals surface area contributed by atoms with E-state index in [1.165, 1.54) is 0 Å². The number of hydrogen-bond donors (Lipinski definition) is 0. The number of hydrogen-bond acceptors (Lipinski definition) is 4. The summed E-state index contributed by atoms with van der Waals surface area (Å²) in [5.74, 6) is -1.54. The number of esters is 1. The quantitative estimate of drug-likeness (QED) is 0.358. The van der Waals surface area contributed by atoms with E-state index in [1.54, 1.807) is 19.1 Å². The largest absolute Gasteiger partial charge is 1.00 e. The second-order valence-electron chi connectivity index (χ2n) is 1.80. The van der Waals surface area contributed by atoms with Crippen LogP contribution in [-0.4, -0.2) is 12.6 Å². The van der Waals surface area contributed by atoms with Gasteiger partial charge in [-0.25, -0.2) is 0 Å². The minimum Gasteiger partial charge on any atom is -1.00 e. The molecular formula is C7H9N2NaO2. The Morgan fingerprint density at radius 3 is 2.58 bits per heavy atom. The molecule has 0 saturated carbocycles. The first-order chi connectivity index (χ1) is 5.26. The van der Waals surface area contributed by atoms with Crippen LogP contribution >= 0.6 is 0 Å². The normalized spacial score (nSPS) is 9.92. The predicted molar refractivity (Wildman–Crippen MR) is 37.1 cm³/mol. The van der Waals surface area contributed by atoms with Crippen molar-refractivity contribution < 1.29 is 40.5 Å². The standard InChI is InChI=1S/C7H8N2O2.Na.H/c1-2-11-7(10)6(5-9)3-4-8;;/h6H,2-3H2,1H3;;/q;+1;-1. The zero-order valence-electron chi connectivity index (χ0n) is 8.20. The molecule has 60 valence electrons. The SMILES string of the molecule is CCOC(=O)C(C#N)CC#N.[H-].[Na+]. The topological polar surface area (TPSA) is 73.9 Å². The minimum absolute atomic E-state index is 0. The van der Waals surface area contributed by atoms with Gasteiger partial charge in [-0.3, -0.25) is 4.79 Å². The Hall–Kier alpha value is -0.550. The summed E-state index contributed by atoms with van der Waals surface area (Å²) in [6.07, 6.45) is -0.102. The van der Waals surface area contributed by atoms with Crippen molar-refractivity contribution in [1.82, 2.24) is 0 Å². The van der Waals surface area contributed by atoms with Crippen LogP contribution in [0.1, 0.15) is 14.8 Å². The summed E-state index contributed by atoms with van der Waals surface area (Å²) in [7, 11) is 0. The summed E-state index contributed by atoms with van der Waals surface area (Å²) in [6, 6.07) is 3.43. The van der Waals surface area contributed by atoms with Gasteiger partial charge in [-0.2, -0.15) is 10.5 Å². The van der Waals surface area contributed by atoms with E-state index in [1.807, 2.05) is 0 Å². The molecule has 0 amide bonds. The van der Waals surface area contributed by atoms with Gasteiger partial charge in [-0.1, -0.05) is 0 Å². The zero-order chi connectivity index (χ0) is 8.69. The molecule has 0 fully saturated rings. The van der Waals surface area contributed by atoms with Crippen molar-refractivity contribution in [3.63, 3.8) is 0 Å². The molecular weight excluding hydrogens is 167 g/mol. The molecule has 0 aliphatic heterocycles. The number of nitrogens with zero attached hydrogens (tertiary/aromatic N) is 2. The summed E-state index contributed by atoms with van der Waals surface area (Å²) in [6.45, 7) is 1.89. The van der Waals surface area contributed by atoms with Gasteiger partial charge >= 0.3 is 35.5 Å². The zero-order valence-corrected chi connectivity index (χ0v) is 9.20. The number of carbonyl (C=O) groups excluding carboxylic acids is 1. The first-order valence-electron chi connectivity index (χ1n) is 3.19. The van der Waals surface area contributed by atoms with Gasteiger partial charge in [0, 0.05) is 0 Å². The molecule has 0 aromatic rings. The van der Waals surface area contributed by atoms with Crippen LogP contribution in [0.15, 0.2) is 0 Å². The fourth-order valence-electron chi connectivity index (χ4n) is 0.516. The molecule has 0 aliphatic rings. The summed E-state index contributed by atoms with van der Waals surface area (Å²) in [5.41, 5.74) is 0. The van der Waals surface area contributed by atoms with Crippen molar-refractivity contribution in [2.75, 3.05) is 6.61 Å². The van der Waals surface area contributed by atoms with Crippen molar-refractivity contribution in [1.29, 1.82) is 10.5 Å². The van der Waals surface area contributed by atoms with Crippen LogP contribution in [0, 0.1) is 28.6 Å². The van der Waals surface area contributed by atoms with Crippen LogP contribution in [0.5, 0.6) is 0 Å². The van der Waals surface area contributed by atoms with Gasteiger partial charge in [-0.15, -0.1) is 0 Å². The molecule has 0 N–H and O–H groups in total. The molecule has 12 heavy (non-hydrogen) atoms. The van der Waals surface area contributed by atoms with Crippen LogP contribution in [0.3, 0.4) is 0 Å². The second-order valence-corrected chi connectivity index (χ2v) is 1.80. The molecule has 0 radical (unpaired) electrons. The fourth-order valence-corrected chi connectivity index (χ4v) is 0.516. The van der Waals surface area contributed by atoms with Gasteiger partial charge in [0.15, 0.2) is 5.92 Å². The first kappa shape index (κ1) is 14.0. The van der Waals surface area contributed by atoms with Gasteiger partial charge in [0.25, 0.3) is 0 Å². The Balaban J connectivity index is -0.000000500. The summed E-state index contributed by atoms with van der Waals surface area (Å²) < 4.78 is 4.53. The molecule has 0 aromatic heterocycles. The van der Waals surface area contributed by atoms with Crippen LogP contribution in [0.25, 0.3) is 0 Å². The molecule has 0 rings (SSSR count). The van der Waals surface area contributed by atoms with Crippen LogP contribution in [0.4, 0.5) is 0 Å². The van der Waals surface area contributed by atoms with Crippen molar-refractivity contribution in [3.05, 3.63) is 0 Å². The third-order valence-electron chi connectivity index (χ3n) is 1.02. The van der Waals surface area contributed by atoms with Crippen LogP contribution in [-0.2, 0) is 9.53 Å². The molecule has 0 bridgehead atoms. The van der Waals surface area contributed by atoms with E-state index in [-0.39, 0.29) is 44.0 Å². The molecule has 0 saturated heterocycles. The van der Waals surface area contributed by atoms with Gasteiger partial charge in [0.1, 0.15) is 0 Å². The molecule has 5 heteroatoms. The second kappa shape index (κ2) is 8.55. The van der Waals surface area contributed by atoms with E-state index in [0.29, 0.717) is 0 Å². The maximum atomic E-state index is 10.8. The number of carbonyl (C=O) groups is 1. The average molecular weight is 176 g/mol. The Labute approximate surface area is 94.9 Å². The van der Waals surface area contributed by atoms with Gasteiger partial charge < -0.3 is 6.16 Å². The smallest absolute Gasteiger partial charge is 1.00 e. The Morgan fingerprint density at radius 1 is 1.67 bits per heavy atom. The van der Waals surface area contributed by atoms with Gasteiger partial charge in [-0.05, 0) is 6.92 Å². The van der Waals surface area contributed by atoms with Gasteiger partial charge in [0.2, 0.25) is 0 Å². The maximum Gasteiger partial charge on any atom is 1.00 e. The molecule has 1 atom stereocenters. The summed E-state index contributed by atoms with van der Waals surface area (Å²) in [5, 5.41) is 16.5. The van der Waals surface area contributed by atoms with E-state index in [2.05, 4.69) is 4.74 Å².